The van der Waals surface area contributed by atoms with Crippen LogP contribution in [-0.2, 0) is 13.5 Å². The Balaban J connectivity index is 2.30. The average Bonchev–Trinajstić information content (AvgIpc) is 2.65. The molecule has 0 aliphatic rings. The van der Waals surface area contributed by atoms with Crippen molar-refractivity contribution in [2.45, 2.75) is 6.42 Å². The largest absolute Gasteiger partial charge is 0.292 e. The highest BCUT2D eigenvalue weighted by Crippen LogP contribution is 2.18. The van der Waals surface area contributed by atoms with E-state index in [0.29, 0.717) is 0 Å². The van der Waals surface area contributed by atoms with Crippen molar-refractivity contribution in [3.63, 3.8) is 0 Å². The Labute approximate surface area is 107 Å². The molecule has 0 spiro atoms. The van der Waals surface area contributed by atoms with Gasteiger partial charge < -0.3 is 0 Å². The van der Waals surface area contributed by atoms with E-state index in [1.54, 1.807) is 7.05 Å². The minimum Gasteiger partial charge on any atom is -0.292 e. The molecule has 1 aromatic carbocycles. The van der Waals surface area contributed by atoms with Crippen LogP contribution in [0.1, 0.15) is 16.1 Å². The summed E-state index contributed by atoms with van der Waals surface area (Å²) < 4.78 is 27.7. The quantitative estimate of drug-likeness (QED) is 0.804. The zero-order valence-electron chi connectivity index (χ0n) is 9.45. The van der Waals surface area contributed by atoms with Gasteiger partial charge in [-0.05, 0) is 11.6 Å². The number of aryl methyl sites for hydroxylation is 1. The van der Waals surface area contributed by atoms with Crippen molar-refractivity contribution >= 4 is 17.4 Å². The van der Waals surface area contributed by atoms with Crippen LogP contribution in [0.2, 0.25) is 5.02 Å². The molecule has 2 aromatic rings. The van der Waals surface area contributed by atoms with Crippen molar-refractivity contribution < 1.29 is 13.6 Å². The van der Waals surface area contributed by atoms with E-state index in [2.05, 4.69) is 5.10 Å². The molecule has 0 aliphatic heterocycles. The van der Waals surface area contributed by atoms with Crippen molar-refractivity contribution in [3.05, 3.63) is 52.3 Å². The van der Waals surface area contributed by atoms with Crippen molar-refractivity contribution in [2.75, 3.05) is 0 Å². The fraction of sp³-hybridized carbons (Fsp3) is 0.167. The van der Waals surface area contributed by atoms with Gasteiger partial charge in [-0.25, -0.2) is 8.78 Å². The van der Waals surface area contributed by atoms with Crippen LogP contribution >= 0.6 is 11.6 Å². The highest BCUT2D eigenvalue weighted by Gasteiger charge is 2.18. The number of Topliss-reactive ketones (excluding diaryl/α,β-unsaturated/α-hetero) is 1. The lowest BCUT2D eigenvalue weighted by atomic mass is 10.1. The first-order chi connectivity index (χ1) is 8.50. The van der Waals surface area contributed by atoms with E-state index < -0.39 is 17.4 Å². The molecule has 0 radical (unpaired) electrons. The molecule has 6 heteroatoms. The number of carbonyl (C=O) groups excluding carboxylic acids is 1. The number of carbonyl (C=O) groups is 1. The van der Waals surface area contributed by atoms with Gasteiger partial charge in [0.25, 0.3) is 0 Å². The standard InChI is InChI=1S/C12H9ClF2N2O/c1-17-12(8(13)6-16-17)10(18)5-7-3-2-4-9(14)11(7)15/h2-4,6H,5H2,1H3. The normalized spacial score (nSPS) is 10.7. The topological polar surface area (TPSA) is 34.9 Å². The highest BCUT2D eigenvalue weighted by molar-refractivity contribution is 6.33. The van der Waals surface area contributed by atoms with Crippen LogP contribution < -0.4 is 0 Å². The first-order valence-electron chi connectivity index (χ1n) is 5.14. The average molecular weight is 271 g/mol. The molecule has 0 amide bonds. The minimum absolute atomic E-state index is 0.00253. The lowest BCUT2D eigenvalue weighted by Gasteiger charge is -2.04. The maximum absolute atomic E-state index is 13.4. The predicted molar refractivity (Wildman–Crippen MR) is 62.6 cm³/mol. The maximum Gasteiger partial charge on any atom is 0.186 e. The smallest absolute Gasteiger partial charge is 0.186 e. The third-order valence-corrected chi connectivity index (χ3v) is 2.82. The van der Waals surface area contributed by atoms with Gasteiger partial charge in [0.1, 0.15) is 5.69 Å². The van der Waals surface area contributed by atoms with E-state index in [1.807, 2.05) is 0 Å². The van der Waals surface area contributed by atoms with Crippen LogP contribution in [0.3, 0.4) is 0 Å². The number of hydrogen-bond acceptors (Lipinski definition) is 2. The second-order valence-electron chi connectivity index (χ2n) is 3.78. The minimum atomic E-state index is -1.01. The predicted octanol–water partition coefficient (Wildman–Crippen LogP) is 2.78. The molecule has 94 valence electrons. The number of ketones is 1. The van der Waals surface area contributed by atoms with Crippen LogP contribution in [0.15, 0.2) is 24.4 Å². The summed E-state index contributed by atoms with van der Waals surface area (Å²) in [6.45, 7) is 0. The van der Waals surface area contributed by atoms with E-state index in [4.69, 9.17) is 11.6 Å². The lowest BCUT2D eigenvalue weighted by Crippen LogP contribution is -2.11. The van der Waals surface area contributed by atoms with Gasteiger partial charge >= 0.3 is 0 Å². The molecule has 0 saturated carbocycles. The molecule has 18 heavy (non-hydrogen) atoms. The third kappa shape index (κ3) is 2.26. The Morgan fingerprint density at radius 1 is 1.44 bits per heavy atom. The molecule has 0 atom stereocenters. The Bertz CT molecular complexity index is 591. The van der Waals surface area contributed by atoms with Gasteiger partial charge in [-0.2, -0.15) is 5.10 Å². The Kier molecular flexibility index (Phi) is 3.43. The van der Waals surface area contributed by atoms with Gasteiger partial charge in [-0.1, -0.05) is 23.7 Å². The Morgan fingerprint density at radius 2 is 2.17 bits per heavy atom. The van der Waals surface area contributed by atoms with Gasteiger partial charge in [0.05, 0.1) is 11.2 Å². The van der Waals surface area contributed by atoms with Crippen molar-refractivity contribution in [1.29, 1.82) is 0 Å². The number of benzene rings is 1. The SMILES string of the molecule is Cn1ncc(Cl)c1C(=O)Cc1cccc(F)c1F. The third-order valence-electron chi connectivity index (χ3n) is 2.54. The second-order valence-corrected chi connectivity index (χ2v) is 4.18. The summed E-state index contributed by atoms with van der Waals surface area (Å²) in [5, 5.41) is 4.01. The molecule has 0 fully saturated rings. The first kappa shape index (κ1) is 12.7. The molecule has 0 aliphatic carbocycles. The van der Waals surface area contributed by atoms with Crippen molar-refractivity contribution in [2.24, 2.45) is 7.05 Å². The van der Waals surface area contributed by atoms with Gasteiger partial charge in [0, 0.05) is 13.5 Å². The van der Waals surface area contributed by atoms with Crippen LogP contribution in [0.25, 0.3) is 0 Å². The molecular weight excluding hydrogens is 262 g/mol. The van der Waals surface area contributed by atoms with E-state index in [9.17, 15) is 13.6 Å². The maximum atomic E-state index is 13.4. The van der Waals surface area contributed by atoms with Gasteiger partial charge in [0.2, 0.25) is 0 Å². The summed E-state index contributed by atoms with van der Waals surface area (Å²) in [6, 6.07) is 3.72. The number of nitrogens with zero attached hydrogens (tertiary/aromatic N) is 2. The molecular formula is C12H9ClF2N2O. The van der Waals surface area contributed by atoms with Crippen LogP contribution in [0, 0.1) is 11.6 Å². The number of rotatable bonds is 3. The monoisotopic (exact) mass is 270 g/mol. The fourth-order valence-electron chi connectivity index (χ4n) is 1.67. The zero-order chi connectivity index (χ0) is 13.3. The summed E-state index contributed by atoms with van der Waals surface area (Å²) >= 11 is 5.81. The van der Waals surface area contributed by atoms with Crippen LogP contribution in [0.4, 0.5) is 8.78 Å². The van der Waals surface area contributed by atoms with Crippen LogP contribution in [0.5, 0.6) is 0 Å². The summed E-state index contributed by atoms with van der Waals surface area (Å²) in [6.07, 6.45) is 1.07. The molecule has 2 rings (SSSR count). The van der Waals surface area contributed by atoms with Crippen molar-refractivity contribution in [3.8, 4) is 0 Å². The van der Waals surface area contributed by atoms with Gasteiger partial charge in [-0.3, -0.25) is 9.48 Å². The highest BCUT2D eigenvalue weighted by atomic mass is 35.5. The molecule has 3 nitrogen and oxygen atoms in total. The number of hydrogen-bond donors (Lipinski definition) is 0. The van der Waals surface area contributed by atoms with E-state index in [1.165, 1.54) is 23.0 Å². The molecule has 0 unspecified atom stereocenters. The van der Waals surface area contributed by atoms with Gasteiger partial charge in [-0.15, -0.1) is 0 Å². The molecule has 0 N–H and O–H groups in total. The lowest BCUT2D eigenvalue weighted by molar-refractivity contribution is 0.0983. The summed E-state index contributed by atoms with van der Waals surface area (Å²) in [4.78, 5) is 11.9. The zero-order valence-corrected chi connectivity index (χ0v) is 10.2. The fourth-order valence-corrected chi connectivity index (χ4v) is 1.94. The summed E-state index contributed by atoms with van der Waals surface area (Å²) in [5.74, 6) is -2.40. The Morgan fingerprint density at radius 3 is 2.78 bits per heavy atom. The molecule has 1 aromatic heterocycles. The van der Waals surface area contributed by atoms with Crippen LogP contribution in [-0.4, -0.2) is 15.6 Å². The summed E-state index contributed by atoms with van der Waals surface area (Å²) in [7, 11) is 1.56. The van der Waals surface area contributed by atoms with Gasteiger partial charge in [0.15, 0.2) is 17.4 Å². The van der Waals surface area contributed by atoms with Crippen molar-refractivity contribution in [1.82, 2.24) is 9.78 Å². The Hall–Kier alpha value is -1.75. The molecule has 0 saturated heterocycles. The first-order valence-corrected chi connectivity index (χ1v) is 5.52. The van der Waals surface area contributed by atoms with E-state index >= 15 is 0 Å². The second kappa shape index (κ2) is 4.86. The van der Waals surface area contributed by atoms with E-state index in [0.717, 1.165) is 6.07 Å². The molecule has 0 bridgehead atoms. The number of aromatic nitrogens is 2. The summed E-state index contributed by atoms with van der Waals surface area (Å²) in [5.41, 5.74) is 0.178. The molecule has 1 heterocycles. The van der Waals surface area contributed by atoms with E-state index in [-0.39, 0.29) is 22.7 Å². The number of halogens is 3.